The molecule has 0 saturated heterocycles. The first-order chi connectivity index (χ1) is 29.6. The standard InChI is InChI=1S/C53H101NO7/c1-6-8-10-12-14-16-18-20-22-24-26-28-30-32-34-36-38-40-42-44-52(56)61-49(47-59-46-45-50(53(57)58)54(3,4)5)48-60-51(55)43-41-39-37-35-33-31-29-27-25-23-21-19-17-15-13-11-9-7-2/h20,22,49-50H,6-19,21,23-48H2,1-5H3/b22-20-. The van der Waals surface area contributed by atoms with Crippen LogP contribution in [-0.4, -0.2) is 75.5 Å². The van der Waals surface area contributed by atoms with E-state index in [0.717, 1.165) is 38.5 Å². The van der Waals surface area contributed by atoms with E-state index < -0.39 is 18.1 Å². The van der Waals surface area contributed by atoms with Crippen LogP contribution in [0, 0.1) is 0 Å². The molecule has 0 aromatic rings. The van der Waals surface area contributed by atoms with Crippen molar-refractivity contribution in [2.24, 2.45) is 0 Å². The number of nitrogens with zero attached hydrogens (tertiary/aromatic N) is 1. The average molecular weight is 864 g/mol. The molecule has 0 saturated carbocycles. The highest BCUT2D eigenvalue weighted by Crippen LogP contribution is 2.17. The fourth-order valence-corrected chi connectivity index (χ4v) is 8.07. The Morgan fingerprint density at radius 2 is 0.820 bits per heavy atom. The Morgan fingerprint density at radius 1 is 0.475 bits per heavy atom. The predicted molar refractivity (Wildman–Crippen MR) is 254 cm³/mol. The molecule has 2 unspecified atom stereocenters. The molecule has 0 aliphatic rings. The number of carboxylic acid groups (broad SMARTS) is 1. The van der Waals surface area contributed by atoms with Crippen molar-refractivity contribution in [2.75, 3.05) is 41.0 Å². The summed E-state index contributed by atoms with van der Waals surface area (Å²) in [5.74, 6) is -1.71. The van der Waals surface area contributed by atoms with Crippen LogP contribution in [0.25, 0.3) is 0 Å². The Labute approximate surface area is 378 Å². The first kappa shape index (κ1) is 59.1. The van der Waals surface area contributed by atoms with Crippen molar-refractivity contribution in [3.63, 3.8) is 0 Å². The molecule has 8 nitrogen and oxygen atoms in total. The van der Waals surface area contributed by atoms with Crippen LogP contribution in [0.4, 0.5) is 0 Å². The van der Waals surface area contributed by atoms with Gasteiger partial charge in [-0.2, -0.15) is 0 Å². The molecule has 0 bridgehead atoms. The van der Waals surface area contributed by atoms with Crippen LogP contribution in [0.3, 0.4) is 0 Å². The van der Waals surface area contributed by atoms with Crippen molar-refractivity contribution in [1.29, 1.82) is 0 Å². The maximum Gasteiger partial charge on any atom is 0.306 e. The Balaban J connectivity index is 4.20. The topological polar surface area (TPSA) is 102 Å². The molecule has 8 heteroatoms. The smallest absolute Gasteiger partial charge is 0.306 e. The van der Waals surface area contributed by atoms with Gasteiger partial charge in [0.05, 0.1) is 40.3 Å². The van der Waals surface area contributed by atoms with Gasteiger partial charge >= 0.3 is 11.9 Å². The van der Waals surface area contributed by atoms with Gasteiger partial charge in [-0.1, -0.05) is 212 Å². The van der Waals surface area contributed by atoms with E-state index in [1.54, 1.807) is 0 Å². The summed E-state index contributed by atoms with van der Waals surface area (Å²) in [6.45, 7) is 4.71. The second-order valence-corrected chi connectivity index (χ2v) is 19.1. The third kappa shape index (κ3) is 43.1. The average Bonchev–Trinajstić information content (AvgIpc) is 3.22. The number of carbonyl (C=O) groups excluding carboxylic acids is 3. The van der Waals surface area contributed by atoms with Gasteiger partial charge in [-0.25, -0.2) is 0 Å². The Hall–Kier alpha value is -1.93. The maximum absolute atomic E-state index is 12.8. The van der Waals surface area contributed by atoms with Gasteiger partial charge in [0.15, 0.2) is 6.10 Å². The summed E-state index contributed by atoms with van der Waals surface area (Å²) in [6.07, 6.45) is 49.5. The Morgan fingerprint density at radius 3 is 1.18 bits per heavy atom. The van der Waals surface area contributed by atoms with E-state index in [0.29, 0.717) is 12.8 Å². The Kier molecular flexibility index (Phi) is 43.3. The number of allylic oxidation sites excluding steroid dienone is 2. The molecule has 0 heterocycles. The molecule has 2 atom stereocenters. The minimum absolute atomic E-state index is 0.0462. The summed E-state index contributed by atoms with van der Waals surface area (Å²) in [5, 5.41) is 11.7. The summed E-state index contributed by atoms with van der Waals surface area (Å²) < 4.78 is 17.3. The molecule has 0 aliphatic carbocycles. The fraction of sp³-hybridized carbons (Fsp3) is 0.906. The monoisotopic (exact) mass is 864 g/mol. The molecular weight excluding hydrogens is 763 g/mol. The molecule has 0 aromatic heterocycles. The number of quaternary nitrogens is 1. The highest BCUT2D eigenvalue weighted by Gasteiger charge is 2.25. The summed E-state index contributed by atoms with van der Waals surface area (Å²) in [5.41, 5.74) is 0. The largest absolute Gasteiger partial charge is 0.544 e. The molecule has 0 aliphatic heterocycles. The number of rotatable bonds is 48. The highest BCUT2D eigenvalue weighted by atomic mass is 16.6. The molecule has 0 amide bonds. The predicted octanol–water partition coefficient (Wildman–Crippen LogP) is 13.7. The van der Waals surface area contributed by atoms with E-state index >= 15 is 0 Å². The van der Waals surface area contributed by atoms with Crippen molar-refractivity contribution in [3.05, 3.63) is 12.2 Å². The van der Waals surface area contributed by atoms with Gasteiger partial charge < -0.3 is 28.6 Å². The fourth-order valence-electron chi connectivity index (χ4n) is 8.07. The number of carbonyl (C=O) groups is 3. The van der Waals surface area contributed by atoms with Gasteiger partial charge in [0, 0.05) is 19.3 Å². The van der Waals surface area contributed by atoms with E-state index in [1.165, 1.54) is 186 Å². The number of hydrogen-bond donors (Lipinski definition) is 0. The van der Waals surface area contributed by atoms with E-state index in [1.807, 2.05) is 21.1 Å². The zero-order valence-corrected chi connectivity index (χ0v) is 41.1. The van der Waals surface area contributed by atoms with Crippen molar-refractivity contribution in [2.45, 2.75) is 270 Å². The van der Waals surface area contributed by atoms with E-state index in [4.69, 9.17) is 14.2 Å². The second kappa shape index (κ2) is 44.7. The van der Waals surface area contributed by atoms with Gasteiger partial charge in [-0.05, 0) is 38.5 Å². The lowest BCUT2D eigenvalue weighted by Crippen LogP contribution is -2.55. The summed E-state index contributed by atoms with van der Waals surface area (Å²) in [6, 6.07) is -0.722. The molecule has 0 fully saturated rings. The SMILES string of the molecule is CCCCCCCC/C=C\CCCCCCCCCCCC(=O)OC(COCCC(C(=O)[O-])[N+](C)(C)C)COC(=O)CCCCCCCCCCCCCCCCCCCC. The lowest BCUT2D eigenvalue weighted by Gasteiger charge is -2.34. The number of aliphatic carboxylic acids is 1. The summed E-state index contributed by atoms with van der Waals surface area (Å²) in [7, 11) is 5.43. The molecule has 360 valence electrons. The zero-order chi connectivity index (χ0) is 44.9. The van der Waals surface area contributed by atoms with Crippen molar-refractivity contribution in [3.8, 4) is 0 Å². The number of likely N-dealkylation sites (N-methyl/N-ethyl adjacent to an activating group) is 1. The Bertz CT molecular complexity index is 1010. The van der Waals surface area contributed by atoms with Gasteiger partial charge in [-0.15, -0.1) is 0 Å². The van der Waals surface area contributed by atoms with E-state index in [2.05, 4.69) is 26.0 Å². The van der Waals surface area contributed by atoms with Crippen LogP contribution in [0.1, 0.15) is 258 Å². The first-order valence-corrected chi connectivity index (χ1v) is 26.2. The summed E-state index contributed by atoms with van der Waals surface area (Å²) >= 11 is 0. The summed E-state index contributed by atoms with van der Waals surface area (Å²) in [4.78, 5) is 37.0. The van der Waals surface area contributed by atoms with Crippen molar-refractivity contribution < 1.29 is 38.2 Å². The number of hydrogen-bond acceptors (Lipinski definition) is 7. The quantitative estimate of drug-likeness (QED) is 0.0260. The molecule has 61 heavy (non-hydrogen) atoms. The minimum atomic E-state index is -1.12. The normalized spacial score (nSPS) is 12.9. The number of esters is 2. The molecule has 0 N–H and O–H groups in total. The molecule has 0 radical (unpaired) electrons. The number of carboxylic acids is 1. The van der Waals surface area contributed by atoms with Crippen molar-refractivity contribution in [1.82, 2.24) is 0 Å². The van der Waals surface area contributed by atoms with Crippen LogP contribution in [0.15, 0.2) is 12.2 Å². The third-order valence-corrected chi connectivity index (χ3v) is 12.2. The van der Waals surface area contributed by atoms with Gasteiger partial charge in [0.1, 0.15) is 12.6 Å². The molecule has 0 rings (SSSR count). The zero-order valence-electron chi connectivity index (χ0n) is 41.1. The van der Waals surface area contributed by atoms with Gasteiger partial charge in [-0.3, -0.25) is 9.59 Å². The van der Waals surface area contributed by atoms with E-state index in [-0.39, 0.29) is 42.7 Å². The minimum Gasteiger partial charge on any atom is -0.544 e. The number of ether oxygens (including phenoxy) is 3. The molecule has 0 spiro atoms. The van der Waals surface area contributed by atoms with Gasteiger partial charge in [0.2, 0.25) is 0 Å². The van der Waals surface area contributed by atoms with Crippen LogP contribution in [-0.2, 0) is 28.6 Å². The van der Waals surface area contributed by atoms with Crippen molar-refractivity contribution >= 4 is 17.9 Å². The lowest BCUT2D eigenvalue weighted by atomic mass is 10.0. The highest BCUT2D eigenvalue weighted by molar-refractivity contribution is 5.70. The first-order valence-electron chi connectivity index (χ1n) is 26.2. The van der Waals surface area contributed by atoms with Crippen LogP contribution < -0.4 is 5.11 Å². The molecular formula is C53H101NO7. The second-order valence-electron chi connectivity index (χ2n) is 19.1. The maximum atomic E-state index is 12.8. The molecule has 0 aromatic carbocycles. The van der Waals surface area contributed by atoms with Crippen LogP contribution >= 0.6 is 0 Å². The third-order valence-electron chi connectivity index (χ3n) is 12.2. The van der Waals surface area contributed by atoms with Crippen LogP contribution in [0.5, 0.6) is 0 Å². The van der Waals surface area contributed by atoms with Crippen LogP contribution in [0.2, 0.25) is 0 Å². The van der Waals surface area contributed by atoms with Gasteiger partial charge in [0.25, 0.3) is 0 Å². The number of unbranched alkanes of at least 4 members (excludes halogenated alkanes) is 32. The van der Waals surface area contributed by atoms with E-state index in [9.17, 15) is 19.5 Å². The lowest BCUT2D eigenvalue weighted by molar-refractivity contribution is -0.889.